The van der Waals surface area contributed by atoms with E-state index in [9.17, 15) is 0 Å². The quantitative estimate of drug-likeness (QED) is 0.737. The third kappa shape index (κ3) is 3.60. The Balaban J connectivity index is 2.37. The molecule has 2 rings (SSSR count). The third-order valence-electron chi connectivity index (χ3n) is 3.09. The number of benzene rings is 1. The first-order valence-electron chi connectivity index (χ1n) is 6.35. The normalized spacial score (nSPS) is 12.6. The van der Waals surface area contributed by atoms with Gasteiger partial charge in [0.15, 0.2) is 0 Å². The molecule has 19 heavy (non-hydrogen) atoms. The van der Waals surface area contributed by atoms with Crippen LogP contribution in [0.2, 0.25) is 5.02 Å². The Kier molecular flexibility index (Phi) is 5.46. The summed E-state index contributed by atoms with van der Waals surface area (Å²) in [5.74, 6) is 0. The molecule has 0 aliphatic carbocycles. The van der Waals surface area contributed by atoms with E-state index in [0.717, 1.165) is 22.5 Å². The topological polar surface area (TPSA) is 12.0 Å². The molecule has 102 valence electrons. The van der Waals surface area contributed by atoms with Gasteiger partial charge in [-0.25, -0.2) is 0 Å². The summed E-state index contributed by atoms with van der Waals surface area (Å²) in [6.45, 7) is 5.36. The van der Waals surface area contributed by atoms with Crippen LogP contribution in [-0.2, 0) is 0 Å². The van der Waals surface area contributed by atoms with Crippen molar-refractivity contribution in [1.82, 2.24) is 5.32 Å². The summed E-state index contributed by atoms with van der Waals surface area (Å²) >= 11 is 11.4. The average Bonchev–Trinajstić information content (AvgIpc) is 2.80. The number of aryl methyl sites for hydroxylation is 1. The zero-order valence-corrected chi connectivity index (χ0v) is 14.2. The van der Waals surface area contributed by atoms with E-state index in [1.807, 2.05) is 6.07 Å². The molecule has 1 N–H and O–H groups in total. The lowest BCUT2D eigenvalue weighted by molar-refractivity contribution is 0.598. The molecule has 1 aromatic carbocycles. The molecule has 0 saturated heterocycles. The summed E-state index contributed by atoms with van der Waals surface area (Å²) in [5.41, 5.74) is 2.60. The fourth-order valence-corrected chi connectivity index (χ4v) is 3.34. The number of hydrogen-bond donors (Lipinski definition) is 1. The molecule has 1 nitrogen and oxygen atoms in total. The van der Waals surface area contributed by atoms with Gasteiger partial charge in [-0.15, -0.1) is 11.3 Å². The molecule has 1 atom stereocenters. The predicted octanol–water partition coefficient (Wildman–Crippen LogP) is 5.56. The first-order valence-corrected chi connectivity index (χ1v) is 8.41. The molecule has 2 aromatic rings. The minimum atomic E-state index is 0.236. The van der Waals surface area contributed by atoms with Gasteiger partial charge in [-0.2, -0.15) is 0 Å². The SMILES string of the molecule is CCCNC(c1ccc(Cl)c(Br)c1)c1ccsc1C. The lowest BCUT2D eigenvalue weighted by atomic mass is 9.99. The van der Waals surface area contributed by atoms with Gasteiger partial charge >= 0.3 is 0 Å². The van der Waals surface area contributed by atoms with Gasteiger partial charge in [0, 0.05) is 9.35 Å². The Morgan fingerprint density at radius 2 is 2.16 bits per heavy atom. The fraction of sp³-hybridized carbons (Fsp3) is 0.333. The van der Waals surface area contributed by atoms with Crippen molar-refractivity contribution in [1.29, 1.82) is 0 Å². The monoisotopic (exact) mass is 357 g/mol. The average molecular weight is 359 g/mol. The molecule has 0 amide bonds. The number of nitrogens with one attached hydrogen (secondary N) is 1. The lowest BCUT2D eigenvalue weighted by Gasteiger charge is -2.20. The molecule has 0 spiro atoms. The molecule has 0 fully saturated rings. The largest absolute Gasteiger partial charge is 0.306 e. The first kappa shape index (κ1) is 15.0. The van der Waals surface area contributed by atoms with Crippen LogP contribution in [0.25, 0.3) is 0 Å². The van der Waals surface area contributed by atoms with Crippen LogP contribution in [0.5, 0.6) is 0 Å². The van der Waals surface area contributed by atoms with Crippen molar-refractivity contribution in [3.8, 4) is 0 Å². The van der Waals surface area contributed by atoms with Crippen LogP contribution in [0.4, 0.5) is 0 Å². The Bertz CT molecular complexity index is 553. The van der Waals surface area contributed by atoms with Crippen LogP contribution in [0.15, 0.2) is 34.1 Å². The second kappa shape index (κ2) is 6.89. The van der Waals surface area contributed by atoms with Crippen molar-refractivity contribution in [3.05, 3.63) is 55.1 Å². The van der Waals surface area contributed by atoms with Crippen molar-refractivity contribution >= 4 is 38.9 Å². The fourth-order valence-electron chi connectivity index (χ4n) is 2.08. The molecule has 1 unspecified atom stereocenters. The molecule has 0 radical (unpaired) electrons. The van der Waals surface area contributed by atoms with Crippen molar-refractivity contribution < 1.29 is 0 Å². The first-order chi connectivity index (χ1) is 9.13. The van der Waals surface area contributed by atoms with Gasteiger partial charge in [0.05, 0.1) is 11.1 Å². The van der Waals surface area contributed by atoms with E-state index in [2.05, 4.69) is 58.7 Å². The number of hydrogen-bond acceptors (Lipinski definition) is 2. The van der Waals surface area contributed by atoms with Gasteiger partial charge in [-0.3, -0.25) is 0 Å². The Morgan fingerprint density at radius 1 is 1.37 bits per heavy atom. The van der Waals surface area contributed by atoms with Gasteiger partial charge in [0.2, 0.25) is 0 Å². The van der Waals surface area contributed by atoms with E-state index in [1.165, 1.54) is 16.0 Å². The van der Waals surface area contributed by atoms with E-state index >= 15 is 0 Å². The molecular weight excluding hydrogens is 342 g/mol. The Hall–Kier alpha value is -0.350. The van der Waals surface area contributed by atoms with Crippen LogP contribution in [0.1, 0.15) is 35.4 Å². The molecule has 1 aromatic heterocycles. The van der Waals surface area contributed by atoms with Crippen LogP contribution < -0.4 is 5.32 Å². The maximum absolute atomic E-state index is 6.08. The van der Waals surface area contributed by atoms with Crippen LogP contribution in [0.3, 0.4) is 0 Å². The molecular formula is C15H17BrClNS. The second-order valence-corrected chi connectivity index (χ2v) is 6.87. The van der Waals surface area contributed by atoms with Crippen molar-refractivity contribution in [2.24, 2.45) is 0 Å². The van der Waals surface area contributed by atoms with Gasteiger partial charge in [-0.05, 0) is 70.5 Å². The lowest BCUT2D eigenvalue weighted by Crippen LogP contribution is -2.23. The summed E-state index contributed by atoms with van der Waals surface area (Å²) in [6, 6.07) is 8.59. The zero-order chi connectivity index (χ0) is 13.8. The van der Waals surface area contributed by atoms with Crippen molar-refractivity contribution in [3.63, 3.8) is 0 Å². The Morgan fingerprint density at radius 3 is 2.74 bits per heavy atom. The standard InChI is InChI=1S/C15H17BrClNS/c1-3-7-18-15(12-6-8-19-10(12)2)11-4-5-14(17)13(16)9-11/h4-6,8-9,15,18H,3,7H2,1-2H3. The summed E-state index contributed by atoms with van der Waals surface area (Å²) < 4.78 is 0.947. The highest BCUT2D eigenvalue weighted by atomic mass is 79.9. The highest BCUT2D eigenvalue weighted by Crippen LogP contribution is 2.32. The minimum absolute atomic E-state index is 0.236. The molecule has 4 heteroatoms. The maximum atomic E-state index is 6.08. The van der Waals surface area contributed by atoms with Crippen molar-refractivity contribution in [2.45, 2.75) is 26.3 Å². The number of rotatable bonds is 5. The number of halogens is 2. The zero-order valence-electron chi connectivity index (χ0n) is 11.0. The van der Waals surface area contributed by atoms with E-state index < -0.39 is 0 Å². The smallest absolute Gasteiger partial charge is 0.0588 e. The van der Waals surface area contributed by atoms with Gasteiger partial charge in [0.25, 0.3) is 0 Å². The van der Waals surface area contributed by atoms with E-state index in [4.69, 9.17) is 11.6 Å². The molecule has 0 bridgehead atoms. The van der Waals surface area contributed by atoms with Crippen LogP contribution in [0, 0.1) is 6.92 Å². The van der Waals surface area contributed by atoms with Crippen LogP contribution >= 0.6 is 38.9 Å². The summed E-state index contributed by atoms with van der Waals surface area (Å²) in [6.07, 6.45) is 1.12. The summed E-state index contributed by atoms with van der Waals surface area (Å²) in [4.78, 5) is 1.36. The maximum Gasteiger partial charge on any atom is 0.0588 e. The van der Waals surface area contributed by atoms with Gasteiger partial charge in [-0.1, -0.05) is 24.6 Å². The molecule has 0 saturated carbocycles. The van der Waals surface area contributed by atoms with E-state index in [-0.39, 0.29) is 6.04 Å². The minimum Gasteiger partial charge on any atom is -0.306 e. The second-order valence-electron chi connectivity index (χ2n) is 4.49. The highest BCUT2D eigenvalue weighted by Gasteiger charge is 2.17. The third-order valence-corrected chi connectivity index (χ3v) is 5.16. The Labute approximate surface area is 132 Å². The molecule has 0 aliphatic heterocycles. The van der Waals surface area contributed by atoms with Gasteiger partial charge in [0.1, 0.15) is 0 Å². The number of thiophene rings is 1. The van der Waals surface area contributed by atoms with Crippen molar-refractivity contribution in [2.75, 3.05) is 6.54 Å². The van der Waals surface area contributed by atoms with Gasteiger partial charge < -0.3 is 5.32 Å². The molecule has 0 aliphatic rings. The van der Waals surface area contributed by atoms with Crippen LogP contribution in [-0.4, -0.2) is 6.54 Å². The highest BCUT2D eigenvalue weighted by molar-refractivity contribution is 9.10. The summed E-state index contributed by atoms with van der Waals surface area (Å²) in [7, 11) is 0. The van der Waals surface area contributed by atoms with E-state index in [0.29, 0.717) is 0 Å². The van der Waals surface area contributed by atoms with E-state index in [1.54, 1.807) is 11.3 Å². The molecule has 1 heterocycles. The summed E-state index contributed by atoms with van der Waals surface area (Å²) in [5, 5.41) is 6.52. The predicted molar refractivity (Wildman–Crippen MR) is 88.3 cm³/mol.